The van der Waals surface area contributed by atoms with Crippen LogP contribution in [-0.2, 0) is 0 Å². The zero-order valence-corrected chi connectivity index (χ0v) is 17.2. The van der Waals surface area contributed by atoms with Gasteiger partial charge in [-0.05, 0) is 78.9 Å². The van der Waals surface area contributed by atoms with Gasteiger partial charge in [-0.1, -0.05) is 15.9 Å². The number of aromatic nitrogens is 3. The highest BCUT2D eigenvalue weighted by Gasteiger charge is 2.10. The van der Waals surface area contributed by atoms with E-state index in [4.69, 9.17) is 12.2 Å². The number of carbonyl (C=O) groups excluding carboxylic acids is 1. The number of benzene rings is 3. The minimum atomic E-state index is -0.323. The fourth-order valence-corrected chi connectivity index (χ4v) is 3.10. The van der Waals surface area contributed by atoms with Gasteiger partial charge in [0.25, 0.3) is 5.91 Å². The number of amides is 1. The molecule has 1 aromatic heterocycles. The van der Waals surface area contributed by atoms with Crippen LogP contribution < -0.4 is 10.6 Å². The van der Waals surface area contributed by atoms with E-state index in [9.17, 15) is 9.18 Å². The van der Waals surface area contributed by atoms with Gasteiger partial charge in [0.1, 0.15) is 16.9 Å². The molecule has 4 aromatic rings. The van der Waals surface area contributed by atoms with Gasteiger partial charge in [0.15, 0.2) is 5.11 Å². The number of thiocarbonyl (C=S) groups is 1. The van der Waals surface area contributed by atoms with Crippen molar-refractivity contribution in [3.63, 3.8) is 0 Å². The van der Waals surface area contributed by atoms with Gasteiger partial charge in [0.2, 0.25) is 0 Å². The first-order chi connectivity index (χ1) is 14.0. The lowest BCUT2D eigenvalue weighted by Crippen LogP contribution is -2.34. The molecule has 3 aromatic carbocycles. The summed E-state index contributed by atoms with van der Waals surface area (Å²) in [6, 6.07) is 18.2. The second-order valence-electron chi connectivity index (χ2n) is 6.08. The summed E-state index contributed by atoms with van der Waals surface area (Å²) in [5.41, 5.74) is 3.10. The fourth-order valence-electron chi connectivity index (χ4n) is 2.62. The number of anilines is 1. The van der Waals surface area contributed by atoms with Crippen molar-refractivity contribution in [3.8, 4) is 5.69 Å². The molecule has 0 saturated heterocycles. The Labute approximate surface area is 178 Å². The Morgan fingerprint density at radius 2 is 1.66 bits per heavy atom. The maximum absolute atomic E-state index is 13.1. The third-order valence-corrected chi connectivity index (χ3v) is 4.76. The molecule has 0 fully saturated rings. The molecule has 0 bridgehead atoms. The Morgan fingerprint density at radius 1 is 0.966 bits per heavy atom. The van der Waals surface area contributed by atoms with Crippen LogP contribution in [0.25, 0.3) is 16.7 Å². The SMILES string of the molecule is O=C(NC(=S)Nc1ccc2nn(-c3ccc(F)cc3)nc2c1)c1ccc(Br)cc1. The Hall–Kier alpha value is -3.17. The number of carbonyl (C=O) groups is 1. The third kappa shape index (κ3) is 4.47. The number of rotatable bonds is 3. The van der Waals surface area contributed by atoms with Gasteiger partial charge >= 0.3 is 0 Å². The van der Waals surface area contributed by atoms with Gasteiger partial charge < -0.3 is 5.32 Å². The molecule has 9 heteroatoms. The van der Waals surface area contributed by atoms with Gasteiger partial charge in [0.05, 0.1) is 5.69 Å². The van der Waals surface area contributed by atoms with E-state index in [1.807, 2.05) is 0 Å². The molecule has 4 rings (SSSR count). The molecule has 0 spiro atoms. The lowest BCUT2D eigenvalue weighted by Gasteiger charge is -2.09. The van der Waals surface area contributed by atoms with Crippen LogP contribution in [0.3, 0.4) is 0 Å². The van der Waals surface area contributed by atoms with E-state index in [0.29, 0.717) is 28.0 Å². The van der Waals surface area contributed by atoms with Gasteiger partial charge in [-0.25, -0.2) is 4.39 Å². The normalized spacial score (nSPS) is 10.7. The first-order valence-electron chi connectivity index (χ1n) is 8.49. The Bertz CT molecular complexity index is 1210. The number of hydrogen-bond donors (Lipinski definition) is 2. The molecule has 0 aliphatic heterocycles. The number of nitrogens with one attached hydrogen (secondary N) is 2. The van der Waals surface area contributed by atoms with Crippen LogP contribution in [0.2, 0.25) is 0 Å². The average molecular weight is 470 g/mol. The first-order valence-corrected chi connectivity index (χ1v) is 9.69. The summed E-state index contributed by atoms with van der Waals surface area (Å²) in [5.74, 6) is -0.631. The van der Waals surface area contributed by atoms with Gasteiger partial charge in [-0.3, -0.25) is 10.1 Å². The summed E-state index contributed by atoms with van der Waals surface area (Å²) in [6.07, 6.45) is 0. The molecule has 0 unspecified atom stereocenters. The molecule has 0 atom stereocenters. The molecular weight excluding hydrogens is 457 g/mol. The molecule has 1 amide bonds. The topological polar surface area (TPSA) is 71.8 Å². The summed E-state index contributed by atoms with van der Waals surface area (Å²) in [6.45, 7) is 0. The van der Waals surface area contributed by atoms with E-state index in [1.54, 1.807) is 54.6 Å². The summed E-state index contributed by atoms with van der Waals surface area (Å²) in [5, 5.41) is 14.6. The number of nitrogens with zero attached hydrogens (tertiary/aromatic N) is 3. The molecule has 6 nitrogen and oxygen atoms in total. The Morgan fingerprint density at radius 3 is 2.38 bits per heavy atom. The van der Waals surface area contributed by atoms with Crippen molar-refractivity contribution < 1.29 is 9.18 Å². The average Bonchev–Trinajstić information content (AvgIpc) is 3.12. The molecule has 1 heterocycles. The molecule has 0 aliphatic carbocycles. The van der Waals surface area contributed by atoms with Crippen LogP contribution in [0.15, 0.2) is 71.2 Å². The molecule has 0 radical (unpaired) electrons. The monoisotopic (exact) mass is 469 g/mol. The number of fused-ring (bicyclic) bond motifs is 1. The van der Waals surface area contributed by atoms with Gasteiger partial charge in [0, 0.05) is 15.7 Å². The molecule has 29 heavy (non-hydrogen) atoms. The fraction of sp³-hybridized carbons (Fsp3) is 0. The smallest absolute Gasteiger partial charge is 0.257 e. The van der Waals surface area contributed by atoms with Crippen molar-refractivity contribution >= 4 is 55.9 Å². The van der Waals surface area contributed by atoms with Crippen LogP contribution in [-0.4, -0.2) is 26.0 Å². The predicted molar refractivity (Wildman–Crippen MR) is 117 cm³/mol. The largest absolute Gasteiger partial charge is 0.332 e. The van der Waals surface area contributed by atoms with Crippen molar-refractivity contribution in [3.05, 3.63) is 82.6 Å². The summed E-state index contributed by atoms with van der Waals surface area (Å²) in [4.78, 5) is 13.7. The van der Waals surface area contributed by atoms with Gasteiger partial charge in [-0.2, -0.15) is 4.80 Å². The van der Waals surface area contributed by atoms with Crippen molar-refractivity contribution in [1.82, 2.24) is 20.3 Å². The van der Waals surface area contributed by atoms with Crippen LogP contribution >= 0.6 is 28.1 Å². The molecular formula is C20H13BrFN5OS. The van der Waals surface area contributed by atoms with Crippen molar-refractivity contribution in [2.75, 3.05) is 5.32 Å². The van der Waals surface area contributed by atoms with E-state index in [-0.39, 0.29) is 16.8 Å². The maximum atomic E-state index is 13.1. The Kier molecular flexibility index (Phi) is 5.32. The van der Waals surface area contributed by atoms with E-state index >= 15 is 0 Å². The highest BCUT2D eigenvalue weighted by Crippen LogP contribution is 2.18. The summed E-state index contributed by atoms with van der Waals surface area (Å²) in [7, 11) is 0. The van der Waals surface area contributed by atoms with Crippen molar-refractivity contribution in [2.45, 2.75) is 0 Å². The number of halogens is 2. The highest BCUT2D eigenvalue weighted by molar-refractivity contribution is 9.10. The molecule has 0 aliphatic rings. The summed E-state index contributed by atoms with van der Waals surface area (Å²) < 4.78 is 14.0. The van der Waals surface area contributed by atoms with Crippen LogP contribution in [0.1, 0.15) is 10.4 Å². The van der Waals surface area contributed by atoms with Gasteiger partial charge in [-0.15, -0.1) is 10.2 Å². The second kappa shape index (κ2) is 8.06. The highest BCUT2D eigenvalue weighted by atomic mass is 79.9. The quantitative estimate of drug-likeness (QED) is 0.433. The van der Waals surface area contributed by atoms with Crippen molar-refractivity contribution in [1.29, 1.82) is 0 Å². The lowest BCUT2D eigenvalue weighted by molar-refractivity contribution is 0.0977. The van der Waals surface area contributed by atoms with Crippen LogP contribution in [0.4, 0.5) is 10.1 Å². The predicted octanol–water partition coefficient (Wildman–Crippen LogP) is 4.45. The van der Waals surface area contributed by atoms with Crippen molar-refractivity contribution in [2.24, 2.45) is 0 Å². The third-order valence-electron chi connectivity index (χ3n) is 4.03. The van der Waals surface area contributed by atoms with Crippen LogP contribution in [0.5, 0.6) is 0 Å². The molecule has 0 saturated carbocycles. The maximum Gasteiger partial charge on any atom is 0.257 e. The molecule has 144 valence electrons. The standard InChI is InChI=1S/C20H13BrFN5OS/c21-13-3-1-12(2-4-13)19(28)24-20(29)23-15-7-10-17-18(11-15)26-27(25-17)16-8-5-14(22)6-9-16/h1-11H,(H2,23,24,28,29). The van der Waals surface area contributed by atoms with Crippen LogP contribution in [0, 0.1) is 5.82 Å². The molecule has 2 N–H and O–H groups in total. The first kappa shape index (κ1) is 19.2. The van der Waals surface area contributed by atoms with E-state index in [2.05, 4.69) is 36.8 Å². The van der Waals surface area contributed by atoms with E-state index < -0.39 is 0 Å². The summed E-state index contributed by atoms with van der Waals surface area (Å²) >= 11 is 8.56. The zero-order valence-electron chi connectivity index (χ0n) is 14.8. The lowest BCUT2D eigenvalue weighted by atomic mass is 10.2. The second-order valence-corrected chi connectivity index (χ2v) is 7.41. The minimum absolute atomic E-state index is 0.170. The Balaban J connectivity index is 1.47. The van der Waals surface area contributed by atoms with E-state index in [1.165, 1.54) is 16.9 Å². The zero-order chi connectivity index (χ0) is 20.4. The number of hydrogen-bond acceptors (Lipinski definition) is 4. The minimum Gasteiger partial charge on any atom is -0.332 e. The van der Waals surface area contributed by atoms with E-state index in [0.717, 1.165) is 4.47 Å².